The number of hydrogen-bond acceptors (Lipinski definition) is 6. The molecule has 104 valence electrons. The fraction of sp³-hybridized carbons (Fsp3) is 0.700. The monoisotopic (exact) mass is 275 g/mol. The third-order valence-corrected chi connectivity index (χ3v) is 3.62. The predicted octanol–water partition coefficient (Wildman–Crippen LogP) is -0.504. The Morgan fingerprint density at radius 2 is 1.83 bits per heavy atom. The van der Waals surface area contributed by atoms with Gasteiger partial charge in [0.05, 0.1) is 6.54 Å². The molecule has 0 fully saturated rings. The lowest BCUT2D eigenvalue weighted by atomic mass is 10.5. The second kappa shape index (κ2) is 5.15. The highest BCUT2D eigenvalue weighted by atomic mass is 32.2. The first kappa shape index (κ1) is 14.8. The summed E-state index contributed by atoms with van der Waals surface area (Å²) in [5, 5.41) is 4.26. The zero-order valence-electron chi connectivity index (χ0n) is 11.5. The number of aromatic nitrogens is 2. The van der Waals surface area contributed by atoms with Gasteiger partial charge in [-0.2, -0.15) is 5.10 Å². The van der Waals surface area contributed by atoms with Gasteiger partial charge in [0.2, 0.25) is 0 Å². The minimum Gasteiger partial charge on any atom is -0.383 e. The van der Waals surface area contributed by atoms with Crippen molar-refractivity contribution in [3.8, 4) is 0 Å². The largest absolute Gasteiger partial charge is 0.383 e. The molecule has 0 amide bonds. The molecule has 18 heavy (non-hydrogen) atoms. The number of likely N-dealkylation sites (N-methyl/N-ethyl adjacent to an activating group) is 1. The van der Waals surface area contributed by atoms with E-state index in [-0.39, 0.29) is 10.7 Å². The molecule has 0 bridgehead atoms. The highest BCUT2D eigenvalue weighted by molar-refractivity contribution is 7.91. The van der Waals surface area contributed by atoms with Crippen molar-refractivity contribution in [2.24, 2.45) is 0 Å². The van der Waals surface area contributed by atoms with E-state index in [0.717, 1.165) is 12.8 Å². The van der Waals surface area contributed by atoms with Crippen molar-refractivity contribution in [3.05, 3.63) is 0 Å². The molecule has 0 aliphatic heterocycles. The number of hydrogen-bond donors (Lipinski definition) is 1. The van der Waals surface area contributed by atoms with Gasteiger partial charge in [0, 0.05) is 26.9 Å². The van der Waals surface area contributed by atoms with Gasteiger partial charge in [0.25, 0.3) is 0 Å². The van der Waals surface area contributed by atoms with Crippen molar-refractivity contribution in [2.75, 3.05) is 51.6 Å². The van der Waals surface area contributed by atoms with Crippen molar-refractivity contribution in [3.63, 3.8) is 0 Å². The summed E-state index contributed by atoms with van der Waals surface area (Å²) in [6.45, 7) is 1.29. The Morgan fingerprint density at radius 3 is 2.17 bits per heavy atom. The zero-order valence-corrected chi connectivity index (χ0v) is 12.3. The van der Waals surface area contributed by atoms with E-state index in [9.17, 15) is 8.42 Å². The van der Waals surface area contributed by atoms with Gasteiger partial charge in [-0.3, -0.25) is 0 Å². The number of anilines is 2. The maximum Gasteiger partial charge on any atom is 0.182 e. The van der Waals surface area contributed by atoms with Gasteiger partial charge in [-0.1, -0.05) is 0 Å². The molecule has 0 atom stereocenters. The molecule has 2 N–H and O–H groups in total. The van der Waals surface area contributed by atoms with Gasteiger partial charge in [0.1, 0.15) is 5.82 Å². The van der Waals surface area contributed by atoms with E-state index in [1.807, 2.05) is 19.0 Å². The highest BCUT2D eigenvalue weighted by Crippen LogP contribution is 2.28. The molecule has 0 saturated heterocycles. The molecule has 1 heterocycles. The minimum absolute atomic E-state index is 0.103. The molecule has 0 radical (unpaired) electrons. The van der Waals surface area contributed by atoms with Crippen molar-refractivity contribution in [2.45, 2.75) is 11.4 Å². The molecular formula is C10H21N5O2S. The minimum atomic E-state index is -3.39. The van der Waals surface area contributed by atoms with Crippen LogP contribution in [0.4, 0.5) is 11.6 Å². The first-order chi connectivity index (χ1) is 8.14. The molecule has 1 rings (SSSR count). The molecule has 0 aromatic carbocycles. The SMILES string of the molecule is CN(C)CCn1nc(N(C)C)c(S(C)(=O)=O)c1N. The topological polar surface area (TPSA) is 84.5 Å². The molecular weight excluding hydrogens is 254 g/mol. The lowest BCUT2D eigenvalue weighted by molar-refractivity contribution is 0.375. The van der Waals surface area contributed by atoms with Crippen molar-refractivity contribution in [1.29, 1.82) is 0 Å². The molecule has 0 spiro atoms. The second-order valence-electron chi connectivity index (χ2n) is 4.73. The molecule has 8 heteroatoms. The van der Waals surface area contributed by atoms with Crippen molar-refractivity contribution >= 4 is 21.5 Å². The van der Waals surface area contributed by atoms with E-state index in [0.29, 0.717) is 12.4 Å². The maximum atomic E-state index is 11.8. The fourth-order valence-electron chi connectivity index (χ4n) is 1.56. The standard InChI is InChI=1S/C10H21N5O2S/c1-13(2)6-7-15-9(11)8(18(5,16)17)10(12-15)14(3)4/h6-7,11H2,1-5H3. The molecule has 0 aliphatic rings. The second-order valence-corrected chi connectivity index (χ2v) is 6.68. The van der Waals surface area contributed by atoms with E-state index in [1.165, 1.54) is 4.68 Å². The molecule has 0 aliphatic carbocycles. The van der Waals surface area contributed by atoms with Crippen molar-refractivity contribution < 1.29 is 8.42 Å². The summed E-state index contributed by atoms with van der Waals surface area (Å²) in [5.41, 5.74) is 5.89. The number of nitrogens with zero attached hydrogens (tertiary/aromatic N) is 4. The molecule has 1 aromatic heterocycles. The number of nitrogens with two attached hydrogens (primary N) is 1. The average molecular weight is 275 g/mol. The first-order valence-corrected chi connectivity index (χ1v) is 7.42. The van der Waals surface area contributed by atoms with E-state index >= 15 is 0 Å². The van der Waals surface area contributed by atoms with Crippen LogP contribution in [0.3, 0.4) is 0 Å². The number of sulfone groups is 1. The first-order valence-electron chi connectivity index (χ1n) is 5.53. The molecule has 0 saturated carbocycles. The summed E-state index contributed by atoms with van der Waals surface area (Å²) in [4.78, 5) is 3.74. The Kier molecular flexibility index (Phi) is 4.23. The van der Waals surface area contributed by atoms with Crippen LogP contribution in [0.15, 0.2) is 4.90 Å². The van der Waals surface area contributed by atoms with Crippen LogP contribution in [0.25, 0.3) is 0 Å². The average Bonchev–Trinajstić information content (AvgIpc) is 2.52. The summed E-state index contributed by atoms with van der Waals surface area (Å²) in [5.74, 6) is 0.580. The van der Waals surface area contributed by atoms with E-state index in [1.54, 1.807) is 19.0 Å². The van der Waals surface area contributed by atoms with E-state index < -0.39 is 9.84 Å². The van der Waals surface area contributed by atoms with Gasteiger partial charge >= 0.3 is 0 Å². The van der Waals surface area contributed by atoms with Crippen LogP contribution < -0.4 is 10.6 Å². The Bertz CT molecular complexity index is 519. The van der Waals surface area contributed by atoms with Crippen LogP contribution in [-0.4, -0.2) is 64.1 Å². The predicted molar refractivity (Wildman–Crippen MR) is 72.6 cm³/mol. The Morgan fingerprint density at radius 1 is 1.28 bits per heavy atom. The van der Waals surface area contributed by atoms with Gasteiger partial charge in [-0.05, 0) is 14.1 Å². The highest BCUT2D eigenvalue weighted by Gasteiger charge is 2.25. The van der Waals surface area contributed by atoms with E-state index in [4.69, 9.17) is 5.73 Å². The van der Waals surface area contributed by atoms with Crippen LogP contribution in [0.1, 0.15) is 0 Å². The number of rotatable bonds is 5. The number of nitrogen functional groups attached to an aromatic ring is 1. The summed E-state index contributed by atoms with van der Waals surface area (Å²) in [6, 6.07) is 0. The summed E-state index contributed by atoms with van der Waals surface area (Å²) in [6.07, 6.45) is 1.14. The van der Waals surface area contributed by atoms with Crippen LogP contribution in [-0.2, 0) is 16.4 Å². The van der Waals surface area contributed by atoms with Gasteiger partial charge in [0.15, 0.2) is 20.6 Å². The summed E-state index contributed by atoms with van der Waals surface area (Å²) >= 11 is 0. The third-order valence-electron chi connectivity index (χ3n) is 2.48. The zero-order chi connectivity index (χ0) is 14.1. The van der Waals surface area contributed by atoms with Gasteiger partial charge in [-0.15, -0.1) is 0 Å². The van der Waals surface area contributed by atoms with Crippen LogP contribution >= 0.6 is 0 Å². The lowest BCUT2D eigenvalue weighted by Crippen LogP contribution is -2.20. The smallest absolute Gasteiger partial charge is 0.182 e. The Labute approximate surface area is 108 Å². The van der Waals surface area contributed by atoms with Gasteiger partial charge < -0.3 is 15.5 Å². The Hall–Kier alpha value is -1.28. The van der Waals surface area contributed by atoms with Crippen LogP contribution in [0, 0.1) is 0 Å². The van der Waals surface area contributed by atoms with E-state index in [2.05, 4.69) is 5.10 Å². The lowest BCUT2D eigenvalue weighted by Gasteiger charge is -2.10. The quantitative estimate of drug-likeness (QED) is 0.779. The maximum absolute atomic E-state index is 11.8. The molecule has 7 nitrogen and oxygen atoms in total. The Balaban J connectivity index is 3.25. The third kappa shape index (κ3) is 3.14. The summed E-state index contributed by atoms with van der Waals surface area (Å²) in [7, 11) is 3.96. The van der Waals surface area contributed by atoms with Gasteiger partial charge in [-0.25, -0.2) is 13.1 Å². The summed E-state index contributed by atoms with van der Waals surface area (Å²) < 4.78 is 25.1. The van der Waals surface area contributed by atoms with Crippen molar-refractivity contribution in [1.82, 2.24) is 14.7 Å². The van der Waals surface area contributed by atoms with Crippen LogP contribution in [0.5, 0.6) is 0 Å². The normalized spacial score (nSPS) is 12.1. The molecule has 0 unspecified atom stereocenters. The molecule has 1 aromatic rings. The van der Waals surface area contributed by atoms with Crippen LogP contribution in [0.2, 0.25) is 0 Å². The fourth-order valence-corrected chi connectivity index (χ4v) is 2.60.